The van der Waals surface area contributed by atoms with E-state index in [4.69, 9.17) is 32.3 Å². The van der Waals surface area contributed by atoms with Gasteiger partial charge in [-0.3, -0.25) is 9.11 Å². The summed E-state index contributed by atoms with van der Waals surface area (Å²) in [4.78, 5) is -1.71. The van der Waals surface area contributed by atoms with Crippen molar-refractivity contribution in [1.29, 1.82) is 0 Å². The van der Waals surface area contributed by atoms with E-state index >= 15 is 0 Å². The zero-order valence-corrected chi connectivity index (χ0v) is 13.3. The molecule has 0 spiro atoms. The van der Waals surface area contributed by atoms with Crippen molar-refractivity contribution in [3.63, 3.8) is 0 Å². The molecule has 0 aliphatic rings. The van der Waals surface area contributed by atoms with Crippen LogP contribution >= 0.6 is 23.2 Å². The fourth-order valence-electron chi connectivity index (χ4n) is 0.906. The molecule has 0 radical (unpaired) electrons. The van der Waals surface area contributed by atoms with Crippen molar-refractivity contribution in [2.24, 2.45) is 0 Å². The molecule has 0 saturated carbocycles. The van der Waals surface area contributed by atoms with Gasteiger partial charge in [0, 0.05) is 0 Å². The molecular weight excluding hydrogens is 343 g/mol. The van der Waals surface area contributed by atoms with Gasteiger partial charge >= 0.3 is 37.7 Å². The third-order valence-electron chi connectivity index (χ3n) is 1.54. The van der Waals surface area contributed by atoms with Crippen LogP contribution in [0.4, 0.5) is 0 Å². The van der Waals surface area contributed by atoms with Crippen molar-refractivity contribution in [1.82, 2.24) is 0 Å². The van der Waals surface area contributed by atoms with Gasteiger partial charge in [0.25, 0.3) is 20.2 Å². The minimum absolute atomic E-state index is 0. The molecule has 0 saturated heterocycles. The summed E-state index contributed by atoms with van der Waals surface area (Å²) in [7, 11) is -9.40. The summed E-state index contributed by atoms with van der Waals surface area (Å²) in [5.74, 6) is 0. The van der Waals surface area contributed by atoms with Crippen molar-refractivity contribution < 1.29 is 28.8 Å². The molecule has 94 valence electrons. The molecule has 0 atom stereocenters. The first kappa shape index (κ1) is 17.9. The van der Waals surface area contributed by atoms with E-state index in [1.54, 1.807) is 0 Å². The van der Waals surface area contributed by atoms with Crippen molar-refractivity contribution in [2.75, 3.05) is 0 Å². The molecule has 0 aromatic heterocycles. The van der Waals surface area contributed by atoms with Crippen LogP contribution < -0.4 is 0 Å². The van der Waals surface area contributed by atoms with Crippen LogP contribution in [-0.4, -0.2) is 63.7 Å². The normalized spacial score (nSPS) is 12.0. The molecule has 11 heteroatoms. The van der Waals surface area contributed by atoms with E-state index in [9.17, 15) is 16.8 Å². The maximum Gasteiger partial charge on any atom is 2.00 e. The van der Waals surface area contributed by atoms with E-state index in [1.165, 1.54) is 0 Å². The Labute approximate surface area is 140 Å². The topological polar surface area (TPSA) is 109 Å². The van der Waals surface area contributed by atoms with Gasteiger partial charge in [-0.2, -0.15) is 16.8 Å². The van der Waals surface area contributed by atoms with Gasteiger partial charge in [-0.25, -0.2) is 0 Å². The SMILES string of the molecule is O=S(=O)(O)c1cc(S(=O)(=O)O)c(Cl)cc1Cl.[Ca+2].[H-].[H-]. The summed E-state index contributed by atoms with van der Waals surface area (Å²) in [5.41, 5.74) is 0. The first-order valence-electron chi connectivity index (χ1n) is 3.47. The second-order valence-electron chi connectivity index (χ2n) is 2.66. The molecule has 0 bridgehead atoms. The van der Waals surface area contributed by atoms with E-state index in [0.29, 0.717) is 6.07 Å². The summed E-state index contributed by atoms with van der Waals surface area (Å²) < 4.78 is 60.6. The van der Waals surface area contributed by atoms with Crippen LogP contribution in [0, 0.1) is 0 Å². The summed E-state index contributed by atoms with van der Waals surface area (Å²) in [6.07, 6.45) is 0. The maximum absolute atomic E-state index is 10.8. The fourth-order valence-corrected chi connectivity index (χ4v) is 3.09. The van der Waals surface area contributed by atoms with E-state index in [2.05, 4.69) is 0 Å². The molecule has 0 fully saturated rings. The van der Waals surface area contributed by atoms with Gasteiger partial charge in [0.1, 0.15) is 9.79 Å². The molecule has 6 nitrogen and oxygen atoms in total. The predicted molar refractivity (Wildman–Crippen MR) is 64.1 cm³/mol. The zero-order chi connectivity index (χ0) is 12.7. The maximum atomic E-state index is 10.8. The standard InChI is InChI=1S/C6H4Cl2O6S2.Ca.2H/c7-3-1-4(8)6(16(12,13)14)2-5(3)15(9,10)11;;;/h1-2H,(H,9,10,11)(H,12,13,14);;;/q;+2;2*-1. The number of halogens is 2. The molecule has 0 aliphatic heterocycles. The summed E-state index contributed by atoms with van der Waals surface area (Å²) >= 11 is 10.9. The molecule has 0 unspecified atom stereocenters. The van der Waals surface area contributed by atoms with Crippen molar-refractivity contribution in [3.05, 3.63) is 22.2 Å². The van der Waals surface area contributed by atoms with Crippen LogP contribution in [-0.2, 0) is 20.2 Å². The minimum atomic E-state index is -4.70. The monoisotopic (exact) mass is 348 g/mol. The van der Waals surface area contributed by atoms with Crippen LogP contribution in [0.15, 0.2) is 21.9 Å². The Kier molecular flexibility index (Phi) is 6.20. The van der Waals surface area contributed by atoms with Gasteiger partial charge in [-0.05, 0) is 12.1 Å². The Morgan fingerprint density at radius 3 is 1.41 bits per heavy atom. The summed E-state index contributed by atoms with van der Waals surface area (Å²) in [6.45, 7) is 0. The average molecular weight is 349 g/mol. The van der Waals surface area contributed by atoms with Gasteiger partial charge in [-0.1, -0.05) is 23.2 Å². The molecular formula is C6H6CaCl2O6S2. The second-order valence-corrected chi connectivity index (χ2v) is 6.26. The third kappa shape index (κ3) is 4.48. The van der Waals surface area contributed by atoms with Gasteiger partial charge in [-0.15, -0.1) is 0 Å². The summed E-state index contributed by atoms with van der Waals surface area (Å²) in [5, 5.41) is -0.917. The van der Waals surface area contributed by atoms with Crippen LogP contribution in [0.25, 0.3) is 0 Å². The van der Waals surface area contributed by atoms with E-state index < -0.39 is 40.1 Å². The molecule has 1 rings (SSSR count). The van der Waals surface area contributed by atoms with E-state index in [0.717, 1.165) is 6.07 Å². The Balaban J connectivity index is -0.000000853. The zero-order valence-electron chi connectivity index (χ0n) is 9.96. The Morgan fingerprint density at radius 1 is 0.882 bits per heavy atom. The second kappa shape index (κ2) is 5.89. The smallest absolute Gasteiger partial charge is 1.00 e. The Hall–Kier alpha value is 0.880. The molecule has 2 N–H and O–H groups in total. The van der Waals surface area contributed by atoms with Crippen molar-refractivity contribution in [3.8, 4) is 0 Å². The molecule has 1 aromatic carbocycles. The van der Waals surface area contributed by atoms with Crippen molar-refractivity contribution in [2.45, 2.75) is 9.79 Å². The van der Waals surface area contributed by atoms with Gasteiger partial charge in [0.05, 0.1) is 10.0 Å². The molecule has 1 aromatic rings. The number of rotatable bonds is 2. The molecule has 0 amide bonds. The van der Waals surface area contributed by atoms with E-state index in [-0.39, 0.29) is 40.6 Å². The predicted octanol–water partition coefficient (Wildman–Crippen LogP) is 1.33. The number of hydrogen-bond donors (Lipinski definition) is 2. The Bertz CT molecular complexity index is 595. The average Bonchev–Trinajstić information content (AvgIpc) is 1.97. The largest absolute Gasteiger partial charge is 2.00 e. The first-order chi connectivity index (χ1) is 7.03. The van der Waals surface area contributed by atoms with Crippen LogP contribution in [0.1, 0.15) is 2.85 Å². The van der Waals surface area contributed by atoms with Crippen LogP contribution in [0.2, 0.25) is 10.0 Å². The van der Waals surface area contributed by atoms with Gasteiger partial charge in [0.2, 0.25) is 0 Å². The van der Waals surface area contributed by atoms with Crippen molar-refractivity contribution >= 4 is 81.2 Å². The van der Waals surface area contributed by atoms with E-state index in [1.807, 2.05) is 0 Å². The Morgan fingerprint density at radius 2 is 1.18 bits per heavy atom. The van der Waals surface area contributed by atoms with Gasteiger partial charge in [0.15, 0.2) is 0 Å². The number of hydrogen-bond acceptors (Lipinski definition) is 4. The number of benzene rings is 1. The molecule has 0 aliphatic carbocycles. The third-order valence-corrected chi connectivity index (χ3v) is 4.18. The van der Waals surface area contributed by atoms with Crippen LogP contribution in [0.3, 0.4) is 0 Å². The first-order valence-corrected chi connectivity index (χ1v) is 7.11. The summed E-state index contributed by atoms with van der Waals surface area (Å²) in [6, 6.07) is 1.25. The van der Waals surface area contributed by atoms with Crippen LogP contribution in [0.5, 0.6) is 0 Å². The minimum Gasteiger partial charge on any atom is -1.00 e. The quantitative estimate of drug-likeness (QED) is 0.616. The van der Waals surface area contributed by atoms with Gasteiger partial charge < -0.3 is 2.85 Å². The fraction of sp³-hybridized carbons (Fsp3) is 0. The molecule has 17 heavy (non-hydrogen) atoms. The molecule has 0 heterocycles.